The van der Waals surface area contributed by atoms with Crippen molar-refractivity contribution in [3.63, 3.8) is 0 Å². The van der Waals surface area contributed by atoms with Gasteiger partial charge in [-0.3, -0.25) is 4.79 Å². The first-order valence-corrected chi connectivity index (χ1v) is 11.6. The SMILES string of the molecule is CCOc1ccc(NC(=O)c2ccc(Cl)cc2Cl)cc1S(=O)(=O)N1CCCCC1. The van der Waals surface area contributed by atoms with Crippen molar-refractivity contribution in [1.29, 1.82) is 0 Å². The molecule has 9 heteroatoms. The molecule has 0 spiro atoms. The second-order valence-electron chi connectivity index (χ2n) is 6.64. The number of carbonyl (C=O) groups excluding carboxylic acids is 1. The highest BCUT2D eigenvalue weighted by Gasteiger charge is 2.29. The van der Waals surface area contributed by atoms with E-state index in [9.17, 15) is 13.2 Å². The molecule has 0 aromatic heterocycles. The summed E-state index contributed by atoms with van der Waals surface area (Å²) < 4.78 is 33.4. The van der Waals surface area contributed by atoms with Crippen LogP contribution in [0.15, 0.2) is 41.3 Å². The number of anilines is 1. The molecule has 1 heterocycles. The van der Waals surface area contributed by atoms with E-state index in [0.29, 0.717) is 30.4 Å². The Bertz CT molecular complexity index is 1010. The van der Waals surface area contributed by atoms with Crippen LogP contribution in [-0.4, -0.2) is 38.3 Å². The quantitative estimate of drug-likeness (QED) is 0.675. The van der Waals surface area contributed by atoms with Crippen LogP contribution in [0.5, 0.6) is 5.75 Å². The van der Waals surface area contributed by atoms with Crippen molar-refractivity contribution in [2.75, 3.05) is 25.0 Å². The molecular weight excluding hydrogens is 435 g/mol. The topological polar surface area (TPSA) is 75.7 Å². The number of ether oxygens (including phenoxy) is 1. The Morgan fingerprint density at radius 2 is 1.83 bits per heavy atom. The second kappa shape index (κ2) is 9.34. The number of rotatable bonds is 6. The van der Waals surface area contributed by atoms with Crippen LogP contribution in [0.25, 0.3) is 0 Å². The first kappa shape index (κ1) is 21.9. The first-order valence-electron chi connectivity index (χ1n) is 9.36. The minimum atomic E-state index is -3.74. The summed E-state index contributed by atoms with van der Waals surface area (Å²) in [6.07, 6.45) is 2.67. The predicted molar refractivity (Wildman–Crippen MR) is 115 cm³/mol. The molecule has 0 bridgehead atoms. The highest BCUT2D eigenvalue weighted by atomic mass is 35.5. The van der Waals surface area contributed by atoms with E-state index >= 15 is 0 Å². The number of halogens is 2. The molecule has 0 atom stereocenters. The zero-order valence-electron chi connectivity index (χ0n) is 16.0. The maximum atomic E-state index is 13.2. The summed E-state index contributed by atoms with van der Waals surface area (Å²) >= 11 is 12.0. The summed E-state index contributed by atoms with van der Waals surface area (Å²) in [5.41, 5.74) is 0.574. The summed E-state index contributed by atoms with van der Waals surface area (Å²) in [5.74, 6) is -0.197. The molecule has 1 saturated heterocycles. The van der Waals surface area contributed by atoms with Crippen molar-refractivity contribution < 1.29 is 17.9 Å². The molecule has 1 amide bonds. The van der Waals surface area contributed by atoms with Crippen LogP contribution in [-0.2, 0) is 10.0 Å². The van der Waals surface area contributed by atoms with Gasteiger partial charge in [0.1, 0.15) is 10.6 Å². The molecule has 2 aromatic rings. The van der Waals surface area contributed by atoms with Gasteiger partial charge in [0.2, 0.25) is 10.0 Å². The van der Waals surface area contributed by atoms with E-state index in [1.54, 1.807) is 25.1 Å². The number of carbonyl (C=O) groups is 1. The van der Waals surface area contributed by atoms with E-state index in [-0.39, 0.29) is 21.2 Å². The van der Waals surface area contributed by atoms with Gasteiger partial charge < -0.3 is 10.1 Å². The van der Waals surface area contributed by atoms with Gasteiger partial charge in [-0.1, -0.05) is 29.6 Å². The van der Waals surface area contributed by atoms with Gasteiger partial charge in [0.05, 0.1) is 17.2 Å². The predicted octanol–water partition coefficient (Wildman–Crippen LogP) is 4.82. The average molecular weight is 457 g/mol. The van der Waals surface area contributed by atoms with Gasteiger partial charge in [-0.25, -0.2) is 8.42 Å². The number of amides is 1. The van der Waals surface area contributed by atoms with Crippen LogP contribution in [0.2, 0.25) is 10.0 Å². The third kappa shape index (κ3) is 5.04. The number of hydrogen-bond acceptors (Lipinski definition) is 4. The number of nitrogens with zero attached hydrogens (tertiary/aromatic N) is 1. The molecule has 3 rings (SSSR count). The van der Waals surface area contributed by atoms with Crippen LogP contribution in [0, 0.1) is 0 Å². The van der Waals surface area contributed by atoms with E-state index in [1.165, 1.54) is 22.5 Å². The van der Waals surface area contributed by atoms with E-state index in [2.05, 4.69) is 5.32 Å². The van der Waals surface area contributed by atoms with Gasteiger partial charge in [-0.05, 0) is 56.2 Å². The fraction of sp³-hybridized carbons (Fsp3) is 0.350. The summed E-state index contributed by atoms with van der Waals surface area (Å²) in [4.78, 5) is 12.6. The molecule has 1 fully saturated rings. The maximum absolute atomic E-state index is 13.2. The number of benzene rings is 2. The Morgan fingerprint density at radius 3 is 2.48 bits per heavy atom. The van der Waals surface area contributed by atoms with Crippen LogP contribution >= 0.6 is 23.2 Å². The highest BCUT2D eigenvalue weighted by Crippen LogP contribution is 2.32. The molecule has 1 aliphatic rings. The molecule has 29 heavy (non-hydrogen) atoms. The molecule has 0 radical (unpaired) electrons. The fourth-order valence-corrected chi connectivity index (χ4v) is 5.35. The smallest absolute Gasteiger partial charge is 0.257 e. The van der Waals surface area contributed by atoms with Gasteiger partial charge in [0.15, 0.2) is 0 Å². The fourth-order valence-electron chi connectivity index (χ4n) is 3.18. The van der Waals surface area contributed by atoms with Crippen molar-refractivity contribution in [3.8, 4) is 5.75 Å². The van der Waals surface area contributed by atoms with Crippen molar-refractivity contribution in [2.45, 2.75) is 31.1 Å². The van der Waals surface area contributed by atoms with Crippen molar-refractivity contribution in [2.24, 2.45) is 0 Å². The van der Waals surface area contributed by atoms with Crippen molar-refractivity contribution >= 4 is 44.8 Å². The Morgan fingerprint density at radius 1 is 1.10 bits per heavy atom. The maximum Gasteiger partial charge on any atom is 0.257 e. The molecule has 156 valence electrons. The average Bonchev–Trinajstić information content (AvgIpc) is 2.69. The van der Waals surface area contributed by atoms with Gasteiger partial charge in [0.25, 0.3) is 5.91 Å². The molecule has 6 nitrogen and oxygen atoms in total. The number of nitrogens with one attached hydrogen (secondary N) is 1. The van der Waals surface area contributed by atoms with E-state index in [1.807, 2.05) is 0 Å². The summed E-state index contributed by atoms with van der Waals surface area (Å²) in [6, 6.07) is 9.13. The monoisotopic (exact) mass is 456 g/mol. The minimum absolute atomic E-state index is 0.0428. The summed E-state index contributed by atoms with van der Waals surface area (Å²) in [7, 11) is -3.74. The molecule has 1 N–H and O–H groups in total. The molecular formula is C20H22Cl2N2O4S. The highest BCUT2D eigenvalue weighted by molar-refractivity contribution is 7.89. The minimum Gasteiger partial charge on any atom is -0.492 e. The van der Waals surface area contributed by atoms with Crippen LogP contribution in [0.1, 0.15) is 36.5 Å². The van der Waals surface area contributed by atoms with Gasteiger partial charge in [0, 0.05) is 23.8 Å². The lowest BCUT2D eigenvalue weighted by Gasteiger charge is -2.27. The standard InChI is InChI=1S/C20H22Cl2N2O4S/c1-2-28-18-9-7-15(23-20(25)16-8-6-14(21)12-17(16)22)13-19(18)29(26,27)24-10-4-3-5-11-24/h6-9,12-13H,2-5,10-11H2,1H3,(H,23,25). The third-order valence-electron chi connectivity index (χ3n) is 4.61. The Labute approximate surface area is 180 Å². The number of hydrogen-bond donors (Lipinski definition) is 1. The molecule has 2 aromatic carbocycles. The molecule has 1 aliphatic heterocycles. The van der Waals surface area contributed by atoms with Gasteiger partial charge in [-0.15, -0.1) is 0 Å². The van der Waals surface area contributed by atoms with Crippen molar-refractivity contribution in [1.82, 2.24) is 4.31 Å². The summed E-state index contributed by atoms with van der Waals surface area (Å²) in [5, 5.41) is 3.33. The Balaban J connectivity index is 1.93. The lowest BCUT2D eigenvalue weighted by Crippen LogP contribution is -2.35. The largest absolute Gasteiger partial charge is 0.492 e. The second-order valence-corrected chi connectivity index (χ2v) is 9.39. The lowest BCUT2D eigenvalue weighted by molar-refractivity contribution is 0.102. The lowest BCUT2D eigenvalue weighted by atomic mass is 10.2. The zero-order valence-corrected chi connectivity index (χ0v) is 18.3. The number of sulfonamides is 1. The third-order valence-corrected chi connectivity index (χ3v) is 7.08. The van der Waals surface area contributed by atoms with E-state index < -0.39 is 15.9 Å². The van der Waals surface area contributed by atoms with Crippen molar-refractivity contribution in [3.05, 3.63) is 52.0 Å². The molecule has 0 unspecified atom stereocenters. The van der Waals surface area contributed by atoms with E-state index in [0.717, 1.165) is 19.3 Å². The van der Waals surface area contributed by atoms with Gasteiger partial charge >= 0.3 is 0 Å². The molecule has 0 saturated carbocycles. The first-order chi connectivity index (χ1) is 13.8. The van der Waals surface area contributed by atoms with E-state index in [4.69, 9.17) is 27.9 Å². The van der Waals surface area contributed by atoms with Gasteiger partial charge in [-0.2, -0.15) is 4.31 Å². The zero-order chi connectivity index (χ0) is 21.0. The Hall–Kier alpha value is -1.80. The van der Waals surface area contributed by atoms with Crippen LogP contribution in [0.4, 0.5) is 5.69 Å². The number of piperidine rings is 1. The summed E-state index contributed by atoms with van der Waals surface area (Å²) in [6.45, 7) is 3.07. The van der Waals surface area contributed by atoms with Crippen LogP contribution < -0.4 is 10.1 Å². The molecule has 0 aliphatic carbocycles. The normalized spacial score (nSPS) is 15.1. The van der Waals surface area contributed by atoms with Crippen LogP contribution in [0.3, 0.4) is 0 Å². The Kier molecular flexibility index (Phi) is 7.05.